The lowest BCUT2D eigenvalue weighted by molar-refractivity contribution is -0.136. The number of imide groups is 1. The number of piperidine rings is 1. The van der Waals surface area contributed by atoms with Gasteiger partial charge in [0.25, 0.3) is 11.5 Å². The van der Waals surface area contributed by atoms with Gasteiger partial charge in [-0.2, -0.15) is 5.10 Å². The number of amides is 3. The molecule has 0 aliphatic carbocycles. The molecule has 35 heavy (non-hydrogen) atoms. The van der Waals surface area contributed by atoms with Gasteiger partial charge in [-0.15, -0.1) is 0 Å². The fourth-order valence-electron chi connectivity index (χ4n) is 4.97. The number of rotatable bonds is 7. The molecule has 0 spiro atoms. The average molecular weight is 485 g/mol. The minimum atomic E-state index is -0.995. The Balaban J connectivity index is 1.42. The molecule has 11 nitrogen and oxygen atoms in total. The standard InChI is InChI=1S/C24H32N6O5/c1-24(2,29-11-9-28(10-12-29)8-7-25-23(34)35)14-16-3-4-18-17(13-16)15-26-30(22(18)33)19-5-6-20(31)27-21(19)32/h3-4,13,15,19,25H,5-12,14H2,1-2H3,(H,34,35)(H,27,31,32). The van der Waals surface area contributed by atoms with Gasteiger partial charge >= 0.3 is 6.09 Å². The number of carboxylic acid groups (broad SMARTS) is 1. The maximum atomic E-state index is 13.0. The van der Waals surface area contributed by atoms with Crippen LogP contribution in [0, 0.1) is 0 Å². The second kappa shape index (κ2) is 10.1. The predicted octanol–water partition coefficient (Wildman–Crippen LogP) is 0.581. The highest BCUT2D eigenvalue weighted by Gasteiger charge is 2.31. The number of piperazine rings is 1. The van der Waals surface area contributed by atoms with Gasteiger partial charge in [0, 0.05) is 56.6 Å². The Bertz CT molecular complexity index is 1180. The van der Waals surface area contributed by atoms with Crippen LogP contribution in [0.2, 0.25) is 0 Å². The van der Waals surface area contributed by atoms with Crippen LogP contribution in [-0.4, -0.2) is 87.4 Å². The van der Waals surface area contributed by atoms with Crippen molar-refractivity contribution in [3.8, 4) is 0 Å². The minimum Gasteiger partial charge on any atom is -0.465 e. The van der Waals surface area contributed by atoms with Crippen molar-refractivity contribution in [1.82, 2.24) is 30.2 Å². The molecule has 188 valence electrons. The van der Waals surface area contributed by atoms with Gasteiger partial charge in [-0.3, -0.25) is 29.5 Å². The van der Waals surface area contributed by atoms with Crippen molar-refractivity contribution in [2.24, 2.45) is 0 Å². The molecule has 2 saturated heterocycles. The van der Waals surface area contributed by atoms with E-state index >= 15 is 0 Å². The SMILES string of the molecule is CC(C)(Cc1ccc2c(=O)n(C3CCC(=O)NC3=O)ncc2c1)N1CCN(CCNC(=O)O)CC1. The smallest absolute Gasteiger partial charge is 0.404 e. The van der Waals surface area contributed by atoms with Crippen LogP contribution >= 0.6 is 0 Å². The van der Waals surface area contributed by atoms with Crippen molar-refractivity contribution in [2.45, 2.75) is 44.7 Å². The topological polar surface area (TPSA) is 137 Å². The Morgan fingerprint density at radius 2 is 1.94 bits per heavy atom. The van der Waals surface area contributed by atoms with E-state index in [2.05, 4.69) is 39.4 Å². The second-order valence-corrected chi connectivity index (χ2v) is 9.83. The second-order valence-electron chi connectivity index (χ2n) is 9.83. The third-order valence-corrected chi connectivity index (χ3v) is 6.95. The molecule has 0 bridgehead atoms. The largest absolute Gasteiger partial charge is 0.465 e. The van der Waals surface area contributed by atoms with E-state index in [1.807, 2.05) is 12.1 Å². The van der Waals surface area contributed by atoms with Gasteiger partial charge < -0.3 is 10.4 Å². The van der Waals surface area contributed by atoms with Crippen LogP contribution in [0.25, 0.3) is 10.8 Å². The number of hydrogen-bond donors (Lipinski definition) is 3. The van der Waals surface area contributed by atoms with Gasteiger partial charge in [-0.05, 0) is 44.4 Å². The number of carbonyl (C=O) groups is 3. The Hall–Kier alpha value is -3.31. The van der Waals surface area contributed by atoms with Gasteiger partial charge in [-0.1, -0.05) is 6.07 Å². The third kappa shape index (κ3) is 5.68. The summed E-state index contributed by atoms with van der Waals surface area (Å²) in [5, 5.41) is 18.9. The minimum absolute atomic E-state index is 0.103. The number of hydrogen-bond acceptors (Lipinski definition) is 7. The van der Waals surface area contributed by atoms with Gasteiger partial charge in [0.15, 0.2) is 0 Å². The van der Waals surface area contributed by atoms with Crippen molar-refractivity contribution >= 4 is 28.7 Å². The van der Waals surface area contributed by atoms with E-state index in [0.29, 0.717) is 18.5 Å². The van der Waals surface area contributed by atoms with Gasteiger partial charge in [-0.25, -0.2) is 9.48 Å². The molecule has 1 aromatic heterocycles. The molecule has 3 N–H and O–H groups in total. The predicted molar refractivity (Wildman–Crippen MR) is 129 cm³/mol. The van der Waals surface area contributed by atoms with Crippen LogP contribution < -0.4 is 16.2 Å². The first-order valence-electron chi connectivity index (χ1n) is 11.9. The number of benzene rings is 1. The van der Waals surface area contributed by atoms with E-state index in [4.69, 9.17) is 5.11 Å². The number of nitrogens with zero attached hydrogens (tertiary/aromatic N) is 4. The highest BCUT2D eigenvalue weighted by Crippen LogP contribution is 2.24. The molecular formula is C24H32N6O5. The van der Waals surface area contributed by atoms with Crippen molar-refractivity contribution in [1.29, 1.82) is 0 Å². The molecule has 3 amide bonds. The number of nitrogens with one attached hydrogen (secondary N) is 2. The number of aromatic nitrogens is 2. The molecule has 4 rings (SSSR count). The van der Waals surface area contributed by atoms with Crippen LogP contribution in [0.4, 0.5) is 4.79 Å². The summed E-state index contributed by atoms with van der Waals surface area (Å²) in [4.78, 5) is 52.0. The Labute approximate surface area is 203 Å². The lowest BCUT2D eigenvalue weighted by Gasteiger charge is -2.44. The number of fused-ring (bicyclic) bond motifs is 1. The van der Waals surface area contributed by atoms with Crippen LogP contribution in [0.3, 0.4) is 0 Å². The molecular weight excluding hydrogens is 452 g/mol. The summed E-state index contributed by atoms with van der Waals surface area (Å²) in [5.74, 6) is -0.823. The third-order valence-electron chi connectivity index (χ3n) is 6.95. The molecule has 0 saturated carbocycles. The summed E-state index contributed by atoms with van der Waals surface area (Å²) in [7, 11) is 0. The summed E-state index contributed by atoms with van der Waals surface area (Å²) in [5.41, 5.74) is 0.653. The van der Waals surface area contributed by atoms with E-state index in [-0.39, 0.29) is 29.8 Å². The molecule has 1 unspecified atom stereocenters. The van der Waals surface area contributed by atoms with E-state index in [0.717, 1.165) is 43.5 Å². The zero-order valence-corrected chi connectivity index (χ0v) is 20.1. The van der Waals surface area contributed by atoms with E-state index in [9.17, 15) is 19.2 Å². The van der Waals surface area contributed by atoms with Crippen molar-refractivity contribution in [2.75, 3.05) is 39.3 Å². The fourth-order valence-corrected chi connectivity index (χ4v) is 4.97. The maximum Gasteiger partial charge on any atom is 0.404 e. The fraction of sp³-hybridized carbons (Fsp3) is 0.542. The van der Waals surface area contributed by atoms with E-state index in [1.54, 1.807) is 12.3 Å². The van der Waals surface area contributed by atoms with Crippen LogP contribution in [0.15, 0.2) is 29.2 Å². The zero-order chi connectivity index (χ0) is 25.2. The van der Waals surface area contributed by atoms with Gasteiger partial charge in [0.1, 0.15) is 6.04 Å². The van der Waals surface area contributed by atoms with Crippen LogP contribution in [0.1, 0.15) is 38.3 Å². The number of carbonyl (C=O) groups excluding carboxylic acids is 2. The van der Waals surface area contributed by atoms with Crippen molar-refractivity contribution in [3.63, 3.8) is 0 Å². The van der Waals surface area contributed by atoms with Crippen LogP contribution in [-0.2, 0) is 16.0 Å². The molecule has 2 fully saturated rings. The summed E-state index contributed by atoms with van der Waals surface area (Å²) >= 11 is 0. The molecule has 2 aliphatic rings. The molecule has 1 atom stereocenters. The first-order valence-corrected chi connectivity index (χ1v) is 11.9. The Morgan fingerprint density at radius 3 is 2.63 bits per heavy atom. The first-order chi connectivity index (χ1) is 16.6. The maximum absolute atomic E-state index is 13.0. The zero-order valence-electron chi connectivity index (χ0n) is 20.1. The van der Waals surface area contributed by atoms with Crippen molar-refractivity contribution < 1.29 is 19.5 Å². The highest BCUT2D eigenvalue weighted by atomic mass is 16.4. The van der Waals surface area contributed by atoms with Crippen LogP contribution in [0.5, 0.6) is 0 Å². The molecule has 11 heteroatoms. The molecule has 2 aromatic rings. The Kier molecular flexibility index (Phi) is 7.18. The normalized spacial score (nSPS) is 20.1. The molecule has 0 radical (unpaired) electrons. The summed E-state index contributed by atoms with van der Waals surface area (Å²) in [6, 6.07) is 4.95. The van der Waals surface area contributed by atoms with Crippen molar-refractivity contribution in [3.05, 3.63) is 40.3 Å². The molecule has 3 heterocycles. The van der Waals surface area contributed by atoms with Gasteiger partial charge in [0.05, 0.1) is 11.6 Å². The molecule has 1 aromatic carbocycles. The lowest BCUT2D eigenvalue weighted by Crippen LogP contribution is -2.56. The highest BCUT2D eigenvalue weighted by molar-refractivity contribution is 5.99. The van der Waals surface area contributed by atoms with E-state index < -0.39 is 18.0 Å². The summed E-state index contributed by atoms with van der Waals surface area (Å²) < 4.78 is 1.18. The van der Waals surface area contributed by atoms with Gasteiger partial charge in [0.2, 0.25) is 5.91 Å². The summed E-state index contributed by atoms with van der Waals surface area (Å²) in [6.45, 7) is 9.09. The Morgan fingerprint density at radius 1 is 1.20 bits per heavy atom. The van der Waals surface area contributed by atoms with E-state index in [1.165, 1.54) is 4.68 Å². The average Bonchev–Trinajstić information content (AvgIpc) is 2.80. The first kappa shape index (κ1) is 24.8. The quantitative estimate of drug-likeness (QED) is 0.486. The molecule has 2 aliphatic heterocycles. The lowest BCUT2D eigenvalue weighted by atomic mass is 9.91. The summed E-state index contributed by atoms with van der Waals surface area (Å²) in [6.07, 6.45) is 1.86. The monoisotopic (exact) mass is 484 g/mol.